The summed E-state index contributed by atoms with van der Waals surface area (Å²) >= 11 is 0. The maximum atomic E-state index is 8.50. The standard InChI is InChI=1S/C10H13N3/c11-7-5-9-6-8-13(12-9)10-3-1-2-4-10/h6,8,10H,1-5H2. The maximum absolute atomic E-state index is 8.50. The van der Waals surface area contributed by atoms with Crippen molar-refractivity contribution in [2.24, 2.45) is 0 Å². The van der Waals surface area contributed by atoms with Crippen molar-refractivity contribution in [1.82, 2.24) is 9.78 Å². The third kappa shape index (κ3) is 1.72. The van der Waals surface area contributed by atoms with E-state index in [-0.39, 0.29) is 0 Å². The minimum atomic E-state index is 0.430. The molecule has 0 aliphatic heterocycles. The number of hydrogen-bond donors (Lipinski definition) is 0. The summed E-state index contributed by atoms with van der Waals surface area (Å²) in [6.07, 6.45) is 7.56. The van der Waals surface area contributed by atoms with Crippen LogP contribution >= 0.6 is 0 Å². The Hall–Kier alpha value is -1.30. The number of nitrogens with zero attached hydrogens (tertiary/aromatic N) is 3. The van der Waals surface area contributed by atoms with Crippen LogP contribution in [0.4, 0.5) is 0 Å². The molecular formula is C10H13N3. The lowest BCUT2D eigenvalue weighted by Crippen LogP contribution is -2.05. The van der Waals surface area contributed by atoms with Gasteiger partial charge in [0.2, 0.25) is 0 Å². The van der Waals surface area contributed by atoms with Gasteiger partial charge in [0.15, 0.2) is 0 Å². The molecule has 1 aliphatic carbocycles. The normalized spacial score (nSPS) is 17.5. The fourth-order valence-corrected chi connectivity index (χ4v) is 1.92. The molecule has 0 bridgehead atoms. The molecule has 0 atom stereocenters. The quantitative estimate of drug-likeness (QED) is 0.690. The second-order valence-electron chi connectivity index (χ2n) is 3.56. The van der Waals surface area contributed by atoms with Crippen LogP contribution < -0.4 is 0 Å². The van der Waals surface area contributed by atoms with Crippen molar-refractivity contribution >= 4 is 0 Å². The highest BCUT2D eigenvalue weighted by atomic mass is 15.3. The first-order valence-electron chi connectivity index (χ1n) is 4.81. The molecule has 1 saturated carbocycles. The second kappa shape index (κ2) is 3.61. The third-order valence-corrected chi connectivity index (χ3v) is 2.62. The van der Waals surface area contributed by atoms with E-state index < -0.39 is 0 Å². The van der Waals surface area contributed by atoms with E-state index in [1.165, 1.54) is 25.7 Å². The molecule has 0 saturated heterocycles. The average Bonchev–Trinajstić information content (AvgIpc) is 2.70. The van der Waals surface area contributed by atoms with Crippen LogP contribution in [0.1, 0.15) is 37.4 Å². The Labute approximate surface area is 78.0 Å². The van der Waals surface area contributed by atoms with Crippen molar-refractivity contribution in [2.45, 2.75) is 38.1 Å². The number of nitriles is 1. The van der Waals surface area contributed by atoms with Gasteiger partial charge in [-0.2, -0.15) is 10.4 Å². The van der Waals surface area contributed by atoms with Gasteiger partial charge in [-0.15, -0.1) is 0 Å². The van der Waals surface area contributed by atoms with E-state index in [4.69, 9.17) is 5.26 Å². The summed E-state index contributed by atoms with van der Waals surface area (Å²) in [5, 5.41) is 12.9. The van der Waals surface area contributed by atoms with E-state index >= 15 is 0 Å². The first-order valence-corrected chi connectivity index (χ1v) is 4.81. The fraction of sp³-hybridized carbons (Fsp3) is 0.600. The summed E-state index contributed by atoms with van der Waals surface area (Å²) in [7, 11) is 0. The fourth-order valence-electron chi connectivity index (χ4n) is 1.92. The number of hydrogen-bond acceptors (Lipinski definition) is 2. The molecule has 1 heterocycles. The molecule has 0 aromatic carbocycles. The molecule has 1 aliphatic rings. The molecule has 68 valence electrons. The van der Waals surface area contributed by atoms with Crippen LogP contribution in [0.25, 0.3) is 0 Å². The number of rotatable bonds is 2. The molecule has 0 unspecified atom stereocenters. The zero-order chi connectivity index (χ0) is 9.10. The van der Waals surface area contributed by atoms with Crippen LogP contribution in [0.15, 0.2) is 12.3 Å². The van der Waals surface area contributed by atoms with Crippen molar-refractivity contribution in [3.63, 3.8) is 0 Å². The predicted molar refractivity (Wildman–Crippen MR) is 49.0 cm³/mol. The summed E-state index contributed by atoms with van der Waals surface area (Å²) in [5.41, 5.74) is 0.898. The molecule has 1 fully saturated rings. The van der Waals surface area contributed by atoms with Gasteiger partial charge >= 0.3 is 0 Å². The van der Waals surface area contributed by atoms with Crippen LogP contribution in [0.5, 0.6) is 0 Å². The Morgan fingerprint density at radius 1 is 1.54 bits per heavy atom. The molecule has 0 amide bonds. The van der Waals surface area contributed by atoms with Crippen LogP contribution in [-0.2, 0) is 6.42 Å². The van der Waals surface area contributed by atoms with Crippen molar-refractivity contribution in [3.8, 4) is 6.07 Å². The molecule has 0 radical (unpaired) electrons. The molecule has 1 aromatic rings. The monoisotopic (exact) mass is 175 g/mol. The highest BCUT2D eigenvalue weighted by Gasteiger charge is 2.17. The van der Waals surface area contributed by atoms with E-state index in [9.17, 15) is 0 Å². The summed E-state index contributed by atoms with van der Waals surface area (Å²) in [5.74, 6) is 0. The van der Waals surface area contributed by atoms with Gasteiger partial charge in [0.05, 0.1) is 24.2 Å². The van der Waals surface area contributed by atoms with Gasteiger partial charge in [0, 0.05) is 6.20 Å². The van der Waals surface area contributed by atoms with E-state index in [0.717, 1.165) is 5.69 Å². The Morgan fingerprint density at radius 3 is 3.00 bits per heavy atom. The Bertz CT molecular complexity index is 315. The predicted octanol–water partition coefficient (Wildman–Crippen LogP) is 2.06. The zero-order valence-electron chi connectivity index (χ0n) is 7.61. The van der Waals surface area contributed by atoms with Crippen molar-refractivity contribution in [3.05, 3.63) is 18.0 Å². The molecular weight excluding hydrogens is 162 g/mol. The van der Waals surface area contributed by atoms with Crippen molar-refractivity contribution in [1.29, 1.82) is 5.26 Å². The van der Waals surface area contributed by atoms with Gasteiger partial charge in [0.1, 0.15) is 0 Å². The molecule has 2 rings (SSSR count). The van der Waals surface area contributed by atoms with E-state index in [1.807, 2.05) is 16.9 Å². The van der Waals surface area contributed by atoms with Crippen molar-refractivity contribution in [2.75, 3.05) is 0 Å². The number of aromatic nitrogens is 2. The van der Waals surface area contributed by atoms with Gasteiger partial charge < -0.3 is 0 Å². The van der Waals surface area contributed by atoms with Crippen molar-refractivity contribution < 1.29 is 0 Å². The third-order valence-electron chi connectivity index (χ3n) is 2.62. The van der Waals surface area contributed by atoms with Crippen LogP contribution in [-0.4, -0.2) is 9.78 Å². The lowest BCUT2D eigenvalue weighted by atomic mass is 10.3. The van der Waals surface area contributed by atoms with Gasteiger partial charge in [-0.1, -0.05) is 12.8 Å². The minimum Gasteiger partial charge on any atom is -0.269 e. The topological polar surface area (TPSA) is 41.6 Å². The average molecular weight is 175 g/mol. The molecule has 13 heavy (non-hydrogen) atoms. The highest BCUT2D eigenvalue weighted by molar-refractivity contribution is 5.05. The van der Waals surface area contributed by atoms with E-state index in [1.54, 1.807) is 0 Å². The van der Waals surface area contributed by atoms with E-state index in [0.29, 0.717) is 12.5 Å². The summed E-state index contributed by atoms with van der Waals surface area (Å²) in [6, 6.07) is 4.65. The smallest absolute Gasteiger partial charge is 0.0793 e. The minimum absolute atomic E-state index is 0.430. The van der Waals surface area contributed by atoms with Gasteiger partial charge in [-0.05, 0) is 18.9 Å². The zero-order valence-corrected chi connectivity index (χ0v) is 7.61. The SMILES string of the molecule is N#CCc1ccn(C2CCCC2)n1. The first kappa shape index (κ1) is 8.31. The lowest BCUT2D eigenvalue weighted by Gasteiger charge is -2.08. The largest absolute Gasteiger partial charge is 0.269 e. The maximum Gasteiger partial charge on any atom is 0.0793 e. The molecule has 0 N–H and O–H groups in total. The van der Waals surface area contributed by atoms with Gasteiger partial charge in [0.25, 0.3) is 0 Å². The van der Waals surface area contributed by atoms with Crippen LogP contribution in [0.3, 0.4) is 0 Å². The summed E-state index contributed by atoms with van der Waals surface area (Å²) < 4.78 is 2.03. The molecule has 1 aromatic heterocycles. The molecule has 3 heteroatoms. The van der Waals surface area contributed by atoms with Gasteiger partial charge in [-0.3, -0.25) is 4.68 Å². The van der Waals surface area contributed by atoms with Gasteiger partial charge in [-0.25, -0.2) is 0 Å². The lowest BCUT2D eigenvalue weighted by molar-refractivity contribution is 0.464. The van der Waals surface area contributed by atoms with Crippen LogP contribution in [0.2, 0.25) is 0 Å². The Balaban J connectivity index is 2.08. The Kier molecular flexibility index (Phi) is 2.31. The highest BCUT2D eigenvalue weighted by Crippen LogP contribution is 2.28. The summed E-state index contributed by atoms with van der Waals surface area (Å²) in [4.78, 5) is 0. The second-order valence-corrected chi connectivity index (χ2v) is 3.56. The summed E-state index contributed by atoms with van der Waals surface area (Å²) in [6.45, 7) is 0. The molecule has 0 spiro atoms. The molecule has 3 nitrogen and oxygen atoms in total. The van der Waals surface area contributed by atoms with E-state index in [2.05, 4.69) is 11.2 Å². The Morgan fingerprint density at radius 2 is 2.31 bits per heavy atom. The van der Waals surface area contributed by atoms with Crippen LogP contribution in [0, 0.1) is 11.3 Å². The first-order chi connectivity index (χ1) is 6.40.